The van der Waals surface area contributed by atoms with Crippen molar-refractivity contribution in [1.82, 2.24) is 10.4 Å². The highest BCUT2D eigenvalue weighted by atomic mass is 79.9. The minimum atomic E-state index is -0.423. The number of nitrogens with zero attached hydrogens (tertiary/aromatic N) is 1. The fraction of sp³-hybridized carbons (Fsp3) is 0.154. The number of halogens is 3. The normalized spacial score (nSPS) is 12.4. The molecule has 0 saturated heterocycles. The second-order valence-electron chi connectivity index (χ2n) is 4.06. The molecule has 0 spiro atoms. The van der Waals surface area contributed by atoms with Crippen LogP contribution in [0.5, 0.6) is 0 Å². The smallest absolute Gasteiger partial charge is 0.141 e. The SMILES string of the molecule is NNC(Cc1cc(Br)ccc1F)c1ccc(F)cn1. The Hall–Kier alpha value is -1.37. The molecule has 0 bridgehead atoms. The number of aromatic nitrogens is 1. The van der Waals surface area contributed by atoms with Crippen molar-refractivity contribution in [3.05, 3.63) is 63.9 Å². The highest BCUT2D eigenvalue weighted by Gasteiger charge is 2.15. The average molecular weight is 328 g/mol. The first-order valence-electron chi connectivity index (χ1n) is 5.61. The van der Waals surface area contributed by atoms with Crippen LogP contribution < -0.4 is 11.3 Å². The predicted molar refractivity (Wildman–Crippen MR) is 72.1 cm³/mol. The summed E-state index contributed by atoms with van der Waals surface area (Å²) < 4.78 is 27.3. The van der Waals surface area contributed by atoms with Gasteiger partial charge in [-0.15, -0.1) is 0 Å². The van der Waals surface area contributed by atoms with Gasteiger partial charge in [-0.2, -0.15) is 0 Å². The van der Waals surface area contributed by atoms with Gasteiger partial charge in [-0.1, -0.05) is 15.9 Å². The maximum Gasteiger partial charge on any atom is 0.141 e. The maximum absolute atomic E-state index is 13.7. The van der Waals surface area contributed by atoms with Crippen molar-refractivity contribution in [2.75, 3.05) is 0 Å². The van der Waals surface area contributed by atoms with Crippen LogP contribution in [0.15, 0.2) is 41.0 Å². The van der Waals surface area contributed by atoms with Gasteiger partial charge in [0.05, 0.1) is 17.9 Å². The Morgan fingerprint density at radius 3 is 2.68 bits per heavy atom. The topological polar surface area (TPSA) is 50.9 Å². The van der Waals surface area contributed by atoms with Crippen LogP contribution in [0.25, 0.3) is 0 Å². The van der Waals surface area contributed by atoms with Crippen molar-refractivity contribution < 1.29 is 8.78 Å². The lowest BCUT2D eigenvalue weighted by Gasteiger charge is -2.16. The van der Waals surface area contributed by atoms with E-state index < -0.39 is 5.82 Å². The van der Waals surface area contributed by atoms with Gasteiger partial charge in [0.25, 0.3) is 0 Å². The van der Waals surface area contributed by atoms with E-state index in [0.717, 1.165) is 10.7 Å². The summed E-state index contributed by atoms with van der Waals surface area (Å²) in [4.78, 5) is 3.95. The second kappa shape index (κ2) is 6.18. The monoisotopic (exact) mass is 327 g/mol. The first-order chi connectivity index (χ1) is 9.10. The minimum absolute atomic E-state index is 0.314. The Labute approximate surface area is 117 Å². The summed E-state index contributed by atoms with van der Waals surface area (Å²) in [6, 6.07) is 7.12. The van der Waals surface area contributed by atoms with Crippen molar-refractivity contribution in [2.24, 2.45) is 5.84 Å². The molecule has 3 N–H and O–H groups in total. The molecule has 1 aromatic heterocycles. The number of pyridine rings is 1. The van der Waals surface area contributed by atoms with Crippen LogP contribution in [0.3, 0.4) is 0 Å². The van der Waals surface area contributed by atoms with E-state index in [9.17, 15) is 8.78 Å². The molecule has 2 rings (SSSR count). The van der Waals surface area contributed by atoms with E-state index in [-0.39, 0.29) is 11.9 Å². The quantitative estimate of drug-likeness (QED) is 0.670. The molecule has 1 unspecified atom stereocenters. The Balaban J connectivity index is 2.23. The molecule has 0 fully saturated rings. The third kappa shape index (κ3) is 3.56. The zero-order valence-corrected chi connectivity index (χ0v) is 11.5. The summed E-state index contributed by atoms with van der Waals surface area (Å²) in [7, 11) is 0. The van der Waals surface area contributed by atoms with Gasteiger partial charge in [0.2, 0.25) is 0 Å². The molecule has 100 valence electrons. The zero-order valence-electron chi connectivity index (χ0n) is 9.91. The number of nitrogens with two attached hydrogens (primary N) is 1. The molecule has 0 saturated carbocycles. The van der Waals surface area contributed by atoms with Crippen LogP contribution in [-0.2, 0) is 6.42 Å². The standard InChI is InChI=1S/C13H12BrF2N3/c14-9-1-3-11(16)8(5-9)6-13(19-17)12-4-2-10(15)7-18-12/h1-5,7,13,19H,6,17H2. The fourth-order valence-corrected chi connectivity index (χ4v) is 2.17. The maximum atomic E-state index is 13.7. The molecule has 0 aliphatic carbocycles. The van der Waals surface area contributed by atoms with Crippen molar-refractivity contribution in [3.63, 3.8) is 0 Å². The average Bonchev–Trinajstić information content (AvgIpc) is 2.41. The molecular formula is C13H12BrF2N3. The third-order valence-corrected chi connectivity index (χ3v) is 3.23. The number of hydrogen-bond donors (Lipinski definition) is 2. The van der Waals surface area contributed by atoms with E-state index in [1.807, 2.05) is 0 Å². The van der Waals surface area contributed by atoms with Crippen LogP contribution in [-0.4, -0.2) is 4.98 Å². The summed E-state index contributed by atoms with van der Waals surface area (Å²) in [6.07, 6.45) is 1.43. The molecule has 0 aliphatic rings. The number of benzene rings is 1. The van der Waals surface area contributed by atoms with Gasteiger partial charge in [-0.25, -0.2) is 8.78 Å². The number of hydrogen-bond acceptors (Lipinski definition) is 3. The molecule has 19 heavy (non-hydrogen) atoms. The van der Waals surface area contributed by atoms with Crippen LogP contribution >= 0.6 is 15.9 Å². The van der Waals surface area contributed by atoms with Crippen LogP contribution in [0.1, 0.15) is 17.3 Å². The number of rotatable bonds is 4. The molecule has 1 aromatic carbocycles. The van der Waals surface area contributed by atoms with Crippen LogP contribution in [0.4, 0.5) is 8.78 Å². The van der Waals surface area contributed by atoms with Crippen LogP contribution in [0, 0.1) is 11.6 Å². The third-order valence-electron chi connectivity index (χ3n) is 2.74. The summed E-state index contributed by atoms with van der Waals surface area (Å²) in [6.45, 7) is 0. The number of hydrazine groups is 1. The molecule has 0 amide bonds. The minimum Gasteiger partial charge on any atom is -0.271 e. The first-order valence-corrected chi connectivity index (χ1v) is 6.41. The van der Waals surface area contributed by atoms with Crippen molar-refractivity contribution in [3.8, 4) is 0 Å². The van der Waals surface area contributed by atoms with Gasteiger partial charge in [0.1, 0.15) is 11.6 Å². The van der Waals surface area contributed by atoms with E-state index in [1.54, 1.807) is 12.1 Å². The van der Waals surface area contributed by atoms with E-state index in [2.05, 4.69) is 26.3 Å². The van der Waals surface area contributed by atoms with Gasteiger partial charge in [0.15, 0.2) is 0 Å². The Kier molecular flexibility index (Phi) is 4.57. The first kappa shape index (κ1) is 14.0. The Bertz CT molecular complexity index is 560. The molecular weight excluding hydrogens is 316 g/mol. The lowest BCUT2D eigenvalue weighted by Crippen LogP contribution is -2.30. The Morgan fingerprint density at radius 1 is 1.26 bits per heavy atom. The van der Waals surface area contributed by atoms with Crippen LogP contribution in [0.2, 0.25) is 0 Å². The predicted octanol–water partition coefficient (Wildman–Crippen LogP) is 2.87. The summed E-state index contributed by atoms with van der Waals surface area (Å²) in [5.74, 6) is 4.72. The Morgan fingerprint density at radius 2 is 2.05 bits per heavy atom. The summed E-state index contributed by atoms with van der Waals surface area (Å²) in [5, 5.41) is 0. The van der Waals surface area contributed by atoms with Crippen molar-refractivity contribution in [2.45, 2.75) is 12.5 Å². The van der Waals surface area contributed by atoms with Crippen molar-refractivity contribution in [1.29, 1.82) is 0 Å². The van der Waals surface area contributed by atoms with Crippen molar-refractivity contribution >= 4 is 15.9 Å². The molecule has 1 atom stereocenters. The van der Waals surface area contributed by atoms with Gasteiger partial charge in [0, 0.05) is 4.47 Å². The molecule has 3 nitrogen and oxygen atoms in total. The molecule has 2 aromatic rings. The molecule has 0 radical (unpaired) electrons. The lowest BCUT2D eigenvalue weighted by atomic mass is 10.0. The molecule has 6 heteroatoms. The van der Waals surface area contributed by atoms with E-state index in [1.165, 1.54) is 18.2 Å². The highest BCUT2D eigenvalue weighted by molar-refractivity contribution is 9.10. The van der Waals surface area contributed by atoms with Gasteiger partial charge in [-0.3, -0.25) is 16.3 Å². The van der Waals surface area contributed by atoms with E-state index >= 15 is 0 Å². The van der Waals surface area contributed by atoms with E-state index in [4.69, 9.17) is 5.84 Å². The lowest BCUT2D eigenvalue weighted by molar-refractivity contribution is 0.515. The summed E-state index contributed by atoms with van der Waals surface area (Å²) in [5.41, 5.74) is 3.63. The van der Waals surface area contributed by atoms with E-state index in [0.29, 0.717) is 17.7 Å². The zero-order chi connectivity index (χ0) is 13.8. The highest BCUT2D eigenvalue weighted by Crippen LogP contribution is 2.21. The molecule has 1 heterocycles. The van der Waals surface area contributed by atoms with Gasteiger partial charge >= 0.3 is 0 Å². The van der Waals surface area contributed by atoms with Gasteiger partial charge in [-0.05, 0) is 42.3 Å². The fourth-order valence-electron chi connectivity index (χ4n) is 1.76. The molecule has 0 aliphatic heterocycles. The summed E-state index contributed by atoms with van der Waals surface area (Å²) >= 11 is 3.29. The number of nitrogens with one attached hydrogen (secondary N) is 1. The second-order valence-corrected chi connectivity index (χ2v) is 4.98. The van der Waals surface area contributed by atoms with Gasteiger partial charge < -0.3 is 0 Å². The largest absolute Gasteiger partial charge is 0.271 e.